The molecule has 0 aliphatic heterocycles. The molecule has 0 atom stereocenters. The van der Waals surface area contributed by atoms with Gasteiger partial charge in [0.25, 0.3) is 0 Å². The van der Waals surface area contributed by atoms with Gasteiger partial charge in [0.15, 0.2) is 0 Å². The summed E-state index contributed by atoms with van der Waals surface area (Å²) >= 11 is 0. The number of allylic oxidation sites excluding steroid dienone is 18. The molecule has 0 nitrogen and oxygen atoms in total. The predicted octanol–water partition coefficient (Wildman–Crippen LogP) is 4.76. The minimum atomic E-state index is 1.20. The van der Waals surface area contributed by atoms with E-state index in [1.54, 1.807) is 0 Å². The minimum absolute atomic E-state index is 1.20. The molecule has 0 bridgehead atoms. The Labute approximate surface area is 109 Å². The molecule has 0 spiro atoms. The molecule has 0 N–H and O–H groups in total. The van der Waals surface area contributed by atoms with E-state index in [4.69, 9.17) is 0 Å². The van der Waals surface area contributed by atoms with E-state index in [2.05, 4.69) is 48.6 Å². The van der Waals surface area contributed by atoms with Gasteiger partial charge in [-0.25, -0.2) is 0 Å². The van der Waals surface area contributed by atoms with Crippen LogP contribution in [-0.2, 0) is 0 Å². The van der Waals surface area contributed by atoms with Crippen molar-refractivity contribution in [1.82, 2.24) is 0 Å². The van der Waals surface area contributed by atoms with Crippen LogP contribution < -0.4 is 0 Å². The molecule has 18 heavy (non-hydrogen) atoms. The molecule has 0 heterocycles. The second-order valence-corrected chi connectivity index (χ2v) is 3.92. The van der Waals surface area contributed by atoms with Crippen molar-refractivity contribution >= 4 is 0 Å². The van der Waals surface area contributed by atoms with E-state index >= 15 is 0 Å². The van der Waals surface area contributed by atoms with Crippen LogP contribution in [0.4, 0.5) is 0 Å². The quantitative estimate of drug-likeness (QED) is 0.644. The van der Waals surface area contributed by atoms with E-state index in [0.717, 1.165) is 0 Å². The Kier molecular flexibility index (Phi) is 4.77. The summed E-state index contributed by atoms with van der Waals surface area (Å²) in [7, 11) is 0. The van der Waals surface area contributed by atoms with E-state index in [-0.39, 0.29) is 0 Å². The summed E-state index contributed by atoms with van der Waals surface area (Å²) in [4.78, 5) is 0. The summed E-state index contributed by atoms with van der Waals surface area (Å²) in [6.07, 6.45) is 32.9. The number of hydrogen-bond donors (Lipinski definition) is 0. The van der Waals surface area contributed by atoms with Crippen molar-refractivity contribution in [2.24, 2.45) is 0 Å². The zero-order valence-corrected chi connectivity index (χ0v) is 10.2. The lowest BCUT2D eigenvalue weighted by Gasteiger charge is -1.89. The van der Waals surface area contributed by atoms with Gasteiger partial charge in [0, 0.05) is 0 Å². The van der Waals surface area contributed by atoms with E-state index in [9.17, 15) is 0 Å². The van der Waals surface area contributed by atoms with Gasteiger partial charge in [0.1, 0.15) is 0 Å². The molecule has 0 heteroatoms. The maximum absolute atomic E-state index is 2.10. The van der Waals surface area contributed by atoms with Gasteiger partial charge in [-0.2, -0.15) is 0 Å². The average molecular weight is 232 g/mol. The van der Waals surface area contributed by atoms with Gasteiger partial charge in [-0.1, -0.05) is 97.2 Å². The first-order chi connectivity index (χ1) is 8.95. The van der Waals surface area contributed by atoms with Crippen LogP contribution >= 0.6 is 0 Å². The van der Waals surface area contributed by atoms with E-state index in [0.29, 0.717) is 0 Å². The maximum Gasteiger partial charge on any atom is -0.0257 e. The molecule has 0 amide bonds. The van der Waals surface area contributed by atoms with Gasteiger partial charge < -0.3 is 0 Å². The molecule has 0 aromatic heterocycles. The lowest BCUT2D eigenvalue weighted by atomic mass is 10.2. The largest absolute Gasteiger partial charge is 0.0622 e. The Morgan fingerprint density at radius 3 is 1.11 bits per heavy atom. The normalized spacial score (nSPS) is 17.3. The monoisotopic (exact) mass is 232 g/mol. The smallest absolute Gasteiger partial charge is 0.0257 e. The SMILES string of the molecule is C1=CC=CC(=C/C=C/C=C2C=CC=CC=C2)C=C1. The molecule has 0 saturated heterocycles. The first-order valence-corrected chi connectivity index (χ1v) is 6.07. The minimum Gasteiger partial charge on any atom is -0.0622 e. The van der Waals surface area contributed by atoms with Crippen molar-refractivity contribution in [1.29, 1.82) is 0 Å². The number of rotatable bonds is 2. The van der Waals surface area contributed by atoms with Crippen LogP contribution in [-0.4, -0.2) is 0 Å². The molecular formula is C18H16. The van der Waals surface area contributed by atoms with Crippen LogP contribution in [0.25, 0.3) is 0 Å². The van der Waals surface area contributed by atoms with E-state index in [1.165, 1.54) is 11.1 Å². The molecule has 0 fully saturated rings. The van der Waals surface area contributed by atoms with Crippen molar-refractivity contribution in [3.63, 3.8) is 0 Å². The first kappa shape index (κ1) is 12.1. The highest BCUT2D eigenvalue weighted by molar-refractivity contribution is 5.42. The van der Waals surface area contributed by atoms with Gasteiger partial charge in [-0.3, -0.25) is 0 Å². The molecule has 88 valence electrons. The van der Waals surface area contributed by atoms with Crippen LogP contribution in [0.1, 0.15) is 0 Å². The molecule has 2 aliphatic carbocycles. The second-order valence-electron chi connectivity index (χ2n) is 3.92. The lowest BCUT2D eigenvalue weighted by molar-refractivity contribution is 1.67. The fourth-order valence-electron chi connectivity index (χ4n) is 1.59. The van der Waals surface area contributed by atoms with E-state index < -0.39 is 0 Å². The fourth-order valence-corrected chi connectivity index (χ4v) is 1.59. The standard InChI is InChI=1S/C18H16/c1-2-6-12-17(11-5-1)15-9-10-16-18-13-7-3-4-8-14-18/h1-16H/b10-9+. The maximum atomic E-state index is 2.10. The molecule has 0 radical (unpaired) electrons. The van der Waals surface area contributed by atoms with Crippen LogP contribution in [0.2, 0.25) is 0 Å². The van der Waals surface area contributed by atoms with E-state index in [1.807, 2.05) is 48.6 Å². The van der Waals surface area contributed by atoms with Crippen molar-refractivity contribution in [3.8, 4) is 0 Å². The van der Waals surface area contributed by atoms with Gasteiger partial charge in [-0.15, -0.1) is 0 Å². The first-order valence-electron chi connectivity index (χ1n) is 6.07. The molecule has 2 aliphatic rings. The van der Waals surface area contributed by atoms with Gasteiger partial charge in [-0.05, 0) is 11.1 Å². The van der Waals surface area contributed by atoms with Crippen LogP contribution in [0.15, 0.2) is 108 Å². The van der Waals surface area contributed by atoms with Crippen LogP contribution in [0.5, 0.6) is 0 Å². The third kappa shape index (κ3) is 4.26. The van der Waals surface area contributed by atoms with Gasteiger partial charge >= 0.3 is 0 Å². The fraction of sp³-hybridized carbons (Fsp3) is 0. The Morgan fingerprint density at radius 1 is 0.444 bits per heavy atom. The highest BCUT2D eigenvalue weighted by Crippen LogP contribution is 2.06. The summed E-state index contributed by atoms with van der Waals surface area (Å²) in [5.74, 6) is 0. The molecule has 0 saturated carbocycles. The topological polar surface area (TPSA) is 0 Å². The predicted molar refractivity (Wildman–Crippen MR) is 80.1 cm³/mol. The van der Waals surface area contributed by atoms with Gasteiger partial charge in [0.05, 0.1) is 0 Å². The Balaban J connectivity index is 2.00. The van der Waals surface area contributed by atoms with Crippen LogP contribution in [0.3, 0.4) is 0 Å². The Bertz CT molecular complexity index is 453. The van der Waals surface area contributed by atoms with Gasteiger partial charge in [0.2, 0.25) is 0 Å². The molecule has 0 unspecified atom stereocenters. The zero-order valence-electron chi connectivity index (χ0n) is 10.2. The third-order valence-electron chi connectivity index (χ3n) is 2.51. The van der Waals surface area contributed by atoms with Crippen molar-refractivity contribution in [2.45, 2.75) is 0 Å². The molecular weight excluding hydrogens is 216 g/mol. The van der Waals surface area contributed by atoms with Crippen molar-refractivity contribution in [2.75, 3.05) is 0 Å². The summed E-state index contributed by atoms with van der Waals surface area (Å²) in [5.41, 5.74) is 2.39. The zero-order chi connectivity index (χ0) is 12.5. The molecule has 2 rings (SSSR count). The van der Waals surface area contributed by atoms with Crippen LogP contribution in [0, 0.1) is 0 Å². The molecule has 0 aromatic carbocycles. The summed E-state index contributed by atoms with van der Waals surface area (Å²) in [6, 6.07) is 0. The average Bonchev–Trinajstić information content (AvgIpc) is 2.79. The Hall–Kier alpha value is -2.34. The second kappa shape index (κ2) is 7.08. The highest BCUT2D eigenvalue weighted by Gasteiger charge is 1.86. The third-order valence-corrected chi connectivity index (χ3v) is 2.51. The lowest BCUT2D eigenvalue weighted by Crippen LogP contribution is -1.69. The summed E-state index contributed by atoms with van der Waals surface area (Å²) in [6.45, 7) is 0. The molecule has 0 aromatic rings. The Morgan fingerprint density at radius 2 is 0.778 bits per heavy atom. The number of hydrogen-bond acceptors (Lipinski definition) is 0. The van der Waals surface area contributed by atoms with Crippen molar-refractivity contribution < 1.29 is 0 Å². The highest BCUT2D eigenvalue weighted by atomic mass is 13.9. The summed E-state index contributed by atoms with van der Waals surface area (Å²) < 4.78 is 0. The summed E-state index contributed by atoms with van der Waals surface area (Å²) in [5, 5.41) is 0. The van der Waals surface area contributed by atoms with Crippen molar-refractivity contribution in [3.05, 3.63) is 108 Å².